The maximum Gasteiger partial charge on any atom is 0.0778 e. The average molecular weight is 187 g/mol. The van der Waals surface area contributed by atoms with E-state index in [0.29, 0.717) is 6.04 Å². The van der Waals surface area contributed by atoms with E-state index in [0.717, 1.165) is 19.6 Å². The first-order valence-corrected chi connectivity index (χ1v) is 5.45. The third-order valence-electron chi connectivity index (χ3n) is 2.40. The number of hydrogen-bond acceptors (Lipinski definition) is 2. The monoisotopic (exact) mass is 187 g/mol. The van der Waals surface area contributed by atoms with E-state index < -0.39 is 0 Å². The molecule has 1 unspecified atom stereocenters. The zero-order valence-electron chi connectivity index (χ0n) is 9.81. The summed E-state index contributed by atoms with van der Waals surface area (Å²) in [6.45, 7) is 12.6. The van der Waals surface area contributed by atoms with Gasteiger partial charge in [0, 0.05) is 12.6 Å². The lowest BCUT2D eigenvalue weighted by Gasteiger charge is -2.34. The Kier molecular flexibility index (Phi) is 6.35. The van der Waals surface area contributed by atoms with Crippen molar-refractivity contribution in [2.24, 2.45) is 0 Å². The van der Waals surface area contributed by atoms with Crippen LogP contribution in [0.2, 0.25) is 0 Å². The van der Waals surface area contributed by atoms with E-state index in [1.54, 1.807) is 0 Å². The predicted octanol–water partition coefficient (Wildman–Crippen LogP) is 2.58. The van der Waals surface area contributed by atoms with Crippen molar-refractivity contribution >= 4 is 0 Å². The van der Waals surface area contributed by atoms with Gasteiger partial charge < -0.3 is 10.1 Å². The van der Waals surface area contributed by atoms with Crippen molar-refractivity contribution in [1.82, 2.24) is 5.32 Å². The molecule has 0 saturated carbocycles. The maximum absolute atomic E-state index is 5.72. The van der Waals surface area contributed by atoms with E-state index in [4.69, 9.17) is 4.74 Å². The predicted molar refractivity (Wildman–Crippen MR) is 58.1 cm³/mol. The second kappa shape index (κ2) is 6.39. The molecular weight excluding hydrogens is 162 g/mol. The summed E-state index contributed by atoms with van der Waals surface area (Å²) in [4.78, 5) is 0. The van der Waals surface area contributed by atoms with E-state index in [1.165, 1.54) is 6.42 Å². The molecule has 1 atom stereocenters. The molecule has 0 aliphatic heterocycles. The fourth-order valence-corrected chi connectivity index (χ4v) is 1.67. The highest BCUT2D eigenvalue weighted by molar-refractivity contribution is 4.84. The Labute approximate surface area is 83.1 Å². The van der Waals surface area contributed by atoms with Gasteiger partial charge in [0.2, 0.25) is 0 Å². The SMILES string of the molecule is CCCNC(CC)C(C)(C)OCC. The number of nitrogens with one attached hydrogen (secondary N) is 1. The van der Waals surface area contributed by atoms with Crippen molar-refractivity contribution in [1.29, 1.82) is 0 Å². The standard InChI is InChI=1S/C11H25NO/c1-6-9-12-10(7-2)11(4,5)13-8-3/h10,12H,6-9H2,1-5H3. The third kappa shape index (κ3) is 4.63. The van der Waals surface area contributed by atoms with Crippen LogP contribution in [0.15, 0.2) is 0 Å². The second-order valence-electron chi connectivity index (χ2n) is 3.95. The molecule has 0 aromatic heterocycles. The van der Waals surface area contributed by atoms with Gasteiger partial charge >= 0.3 is 0 Å². The molecule has 80 valence electrons. The molecule has 13 heavy (non-hydrogen) atoms. The molecule has 0 aromatic carbocycles. The topological polar surface area (TPSA) is 21.3 Å². The van der Waals surface area contributed by atoms with Crippen molar-refractivity contribution < 1.29 is 4.74 Å². The summed E-state index contributed by atoms with van der Waals surface area (Å²) in [5.41, 5.74) is -0.0430. The summed E-state index contributed by atoms with van der Waals surface area (Å²) >= 11 is 0. The fourth-order valence-electron chi connectivity index (χ4n) is 1.67. The molecule has 0 bridgehead atoms. The number of ether oxygens (including phenoxy) is 1. The van der Waals surface area contributed by atoms with Crippen LogP contribution in [0, 0.1) is 0 Å². The van der Waals surface area contributed by atoms with E-state index >= 15 is 0 Å². The molecule has 0 heterocycles. The van der Waals surface area contributed by atoms with Gasteiger partial charge in [-0.05, 0) is 40.2 Å². The van der Waals surface area contributed by atoms with Gasteiger partial charge in [-0.3, -0.25) is 0 Å². The van der Waals surface area contributed by atoms with Crippen molar-refractivity contribution in [2.45, 2.75) is 59.1 Å². The Balaban J connectivity index is 4.02. The van der Waals surface area contributed by atoms with Gasteiger partial charge in [-0.15, -0.1) is 0 Å². The molecule has 0 aliphatic rings. The molecule has 0 aromatic rings. The molecule has 1 N–H and O–H groups in total. The lowest BCUT2D eigenvalue weighted by molar-refractivity contribution is -0.0389. The quantitative estimate of drug-likeness (QED) is 0.661. The molecule has 0 aliphatic carbocycles. The van der Waals surface area contributed by atoms with E-state index in [-0.39, 0.29) is 5.60 Å². The van der Waals surface area contributed by atoms with Crippen LogP contribution < -0.4 is 5.32 Å². The van der Waals surface area contributed by atoms with Crippen molar-refractivity contribution in [3.05, 3.63) is 0 Å². The molecular formula is C11H25NO. The van der Waals surface area contributed by atoms with Crippen LogP contribution in [0.5, 0.6) is 0 Å². The molecule has 2 heteroatoms. The smallest absolute Gasteiger partial charge is 0.0778 e. The van der Waals surface area contributed by atoms with Crippen LogP contribution in [0.1, 0.15) is 47.5 Å². The first-order chi connectivity index (χ1) is 6.08. The summed E-state index contributed by atoms with van der Waals surface area (Å²) in [5.74, 6) is 0. The Hall–Kier alpha value is -0.0800. The van der Waals surface area contributed by atoms with Crippen LogP contribution in [-0.2, 0) is 4.74 Å². The first kappa shape index (κ1) is 12.9. The molecule has 0 amide bonds. The van der Waals surface area contributed by atoms with Gasteiger partial charge in [-0.25, -0.2) is 0 Å². The Morgan fingerprint density at radius 3 is 2.23 bits per heavy atom. The molecule has 0 saturated heterocycles. The van der Waals surface area contributed by atoms with Crippen molar-refractivity contribution in [2.75, 3.05) is 13.2 Å². The Bertz CT molecular complexity index is 123. The van der Waals surface area contributed by atoms with Crippen LogP contribution in [0.25, 0.3) is 0 Å². The second-order valence-corrected chi connectivity index (χ2v) is 3.95. The fraction of sp³-hybridized carbons (Fsp3) is 1.00. The molecule has 0 spiro atoms. The Morgan fingerprint density at radius 1 is 1.23 bits per heavy atom. The van der Waals surface area contributed by atoms with Gasteiger partial charge in [0.05, 0.1) is 5.60 Å². The van der Waals surface area contributed by atoms with Crippen molar-refractivity contribution in [3.63, 3.8) is 0 Å². The molecule has 2 nitrogen and oxygen atoms in total. The lowest BCUT2D eigenvalue weighted by Crippen LogP contribution is -2.48. The summed E-state index contributed by atoms with van der Waals surface area (Å²) in [5, 5.41) is 3.52. The van der Waals surface area contributed by atoms with Crippen LogP contribution in [0.4, 0.5) is 0 Å². The molecule has 0 rings (SSSR count). The lowest BCUT2D eigenvalue weighted by atomic mass is 9.96. The van der Waals surface area contributed by atoms with E-state index in [1.807, 2.05) is 6.92 Å². The summed E-state index contributed by atoms with van der Waals surface area (Å²) in [7, 11) is 0. The minimum atomic E-state index is -0.0430. The minimum Gasteiger partial charge on any atom is -0.374 e. The van der Waals surface area contributed by atoms with Crippen LogP contribution in [0.3, 0.4) is 0 Å². The van der Waals surface area contributed by atoms with Gasteiger partial charge in [0.15, 0.2) is 0 Å². The Morgan fingerprint density at radius 2 is 1.85 bits per heavy atom. The maximum atomic E-state index is 5.72. The highest BCUT2D eigenvalue weighted by atomic mass is 16.5. The zero-order chi connectivity index (χ0) is 10.3. The normalized spacial score (nSPS) is 14.5. The van der Waals surface area contributed by atoms with Gasteiger partial charge in [0.25, 0.3) is 0 Å². The summed E-state index contributed by atoms with van der Waals surface area (Å²) < 4.78 is 5.72. The van der Waals surface area contributed by atoms with Crippen LogP contribution >= 0.6 is 0 Å². The van der Waals surface area contributed by atoms with E-state index in [2.05, 4.69) is 33.0 Å². The highest BCUT2D eigenvalue weighted by Crippen LogP contribution is 2.17. The van der Waals surface area contributed by atoms with Gasteiger partial charge in [0.1, 0.15) is 0 Å². The number of rotatable bonds is 7. The highest BCUT2D eigenvalue weighted by Gasteiger charge is 2.27. The first-order valence-electron chi connectivity index (χ1n) is 5.45. The number of hydrogen-bond donors (Lipinski definition) is 1. The zero-order valence-corrected chi connectivity index (χ0v) is 9.81. The third-order valence-corrected chi connectivity index (χ3v) is 2.40. The molecule has 0 radical (unpaired) electrons. The largest absolute Gasteiger partial charge is 0.374 e. The van der Waals surface area contributed by atoms with E-state index in [9.17, 15) is 0 Å². The summed E-state index contributed by atoms with van der Waals surface area (Å²) in [6, 6.07) is 0.465. The van der Waals surface area contributed by atoms with Crippen molar-refractivity contribution in [3.8, 4) is 0 Å². The van der Waals surface area contributed by atoms with Gasteiger partial charge in [-0.2, -0.15) is 0 Å². The molecule has 0 fully saturated rings. The summed E-state index contributed by atoms with van der Waals surface area (Å²) in [6.07, 6.45) is 2.30. The van der Waals surface area contributed by atoms with Gasteiger partial charge in [-0.1, -0.05) is 13.8 Å². The van der Waals surface area contributed by atoms with Crippen LogP contribution in [-0.4, -0.2) is 24.8 Å². The average Bonchev–Trinajstić information content (AvgIpc) is 2.05. The minimum absolute atomic E-state index is 0.0430.